The lowest BCUT2D eigenvalue weighted by Crippen LogP contribution is -2.04. The second-order valence-electron chi connectivity index (χ2n) is 5.30. The van der Waals surface area contributed by atoms with E-state index in [1.54, 1.807) is 24.3 Å². The predicted octanol–water partition coefficient (Wildman–Crippen LogP) is 5.37. The molecule has 0 heterocycles. The van der Waals surface area contributed by atoms with Crippen molar-refractivity contribution in [1.82, 2.24) is 0 Å². The van der Waals surface area contributed by atoms with Crippen LogP contribution in [0.15, 0.2) is 84.0 Å². The van der Waals surface area contributed by atoms with Crippen molar-refractivity contribution in [2.24, 2.45) is 5.11 Å². The van der Waals surface area contributed by atoms with Crippen LogP contribution in [0.3, 0.4) is 0 Å². The molecule has 0 aliphatic rings. The summed E-state index contributed by atoms with van der Waals surface area (Å²) in [6.07, 6.45) is 0. The predicted molar refractivity (Wildman–Crippen MR) is 92.2 cm³/mol. The minimum absolute atomic E-state index is 0.241. The molecule has 0 unspecified atom stereocenters. The number of nitrogens with one attached hydrogen (secondary N) is 1. The number of hydrogen-bond acceptors (Lipinski definition) is 4. The Balaban J connectivity index is 1.64. The van der Waals surface area contributed by atoms with Gasteiger partial charge in [0, 0.05) is 0 Å². The zero-order valence-corrected chi connectivity index (χ0v) is 13.0. The van der Waals surface area contributed by atoms with Crippen LogP contribution in [0.4, 0.5) is 5.69 Å². The first-order valence-electron chi connectivity index (χ1n) is 7.55. The third kappa shape index (κ3) is 3.73. The first-order valence-corrected chi connectivity index (χ1v) is 7.55. The van der Waals surface area contributed by atoms with Gasteiger partial charge in [-0.25, -0.2) is 10.3 Å². The van der Waals surface area contributed by atoms with Gasteiger partial charge in [-0.3, -0.25) is 0 Å². The van der Waals surface area contributed by atoms with Crippen molar-refractivity contribution in [3.63, 3.8) is 0 Å². The van der Waals surface area contributed by atoms with Gasteiger partial charge in [-0.2, -0.15) is 5.11 Å². The highest BCUT2D eigenvalue weighted by atomic mass is 16.5. The molecule has 0 spiro atoms. The maximum atomic E-state index is 11.9. The van der Waals surface area contributed by atoms with Crippen LogP contribution in [0.1, 0.15) is 15.9 Å². The van der Waals surface area contributed by atoms with E-state index in [4.69, 9.17) is 10.3 Å². The molecule has 0 radical (unpaired) electrons. The van der Waals surface area contributed by atoms with Crippen LogP contribution in [-0.2, 0) is 11.3 Å². The van der Waals surface area contributed by atoms with Crippen molar-refractivity contribution in [3.05, 3.63) is 90.0 Å². The van der Waals surface area contributed by atoms with E-state index in [0.717, 1.165) is 16.7 Å². The summed E-state index contributed by atoms with van der Waals surface area (Å²) in [5, 5.41) is 3.39. The summed E-state index contributed by atoms with van der Waals surface area (Å²) in [7, 11) is 0. The molecule has 0 bridgehead atoms. The summed E-state index contributed by atoms with van der Waals surface area (Å²) < 4.78 is 5.32. The van der Waals surface area contributed by atoms with E-state index in [1.807, 2.05) is 54.6 Å². The quantitative estimate of drug-likeness (QED) is 0.508. The Bertz CT molecular complexity index is 826. The second-order valence-corrected chi connectivity index (χ2v) is 5.30. The fourth-order valence-electron chi connectivity index (χ4n) is 2.33. The molecule has 0 fully saturated rings. The monoisotopic (exact) mass is 316 g/mol. The molecule has 3 aromatic carbocycles. The lowest BCUT2D eigenvalue weighted by atomic mass is 10.0. The Morgan fingerprint density at radius 2 is 1.42 bits per heavy atom. The molecular formula is C20H16N2O2. The van der Waals surface area contributed by atoms with E-state index >= 15 is 0 Å². The van der Waals surface area contributed by atoms with Crippen LogP contribution < -0.4 is 0 Å². The number of nitrogens with zero attached hydrogens (tertiary/aromatic N) is 1. The summed E-state index contributed by atoms with van der Waals surface area (Å²) in [6, 6.07) is 24.3. The van der Waals surface area contributed by atoms with Gasteiger partial charge in [0.1, 0.15) is 6.61 Å². The van der Waals surface area contributed by atoms with Gasteiger partial charge < -0.3 is 4.74 Å². The molecule has 0 saturated heterocycles. The molecule has 0 aromatic heterocycles. The van der Waals surface area contributed by atoms with E-state index in [-0.39, 0.29) is 12.6 Å². The first kappa shape index (κ1) is 15.6. The van der Waals surface area contributed by atoms with Crippen molar-refractivity contribution in [2.75, 3.05) is 0 Å². The third-order valence-corrected chi connectivity index (χ3v) is 3.66. The van der Waals surface area contributed by atoms with E-state index in [2.05, 4.69) is 5.11 Å². The van der Waals surface area contributed by atoms with Gasteiger partial charge in [-0.15, -0.1) is 0 Å². The maximum Gasteiger partial charge on any atom is 0.338 e. The topological polar surface area (TPSA) is 62.5 Å². The Labute approximate surface area is 140 Å². The average Bonchev–Trinajstić information content (AvgIpc) is 2.67. The zero-order valence-electron chi connectivity index (χ0n) is 13.0. The van der Waals surface area contributed by atoms with Crippen LogP contribution in [0.2, 0.25) is 0 Å². The molecule has 24 heavy (non-hydrogen) atoms. The Hall–Kier alpha value is -3.27. The van der Waals surface area contributed by atoms with Crippen molar-refractivity contribution in [1.29, 1.82) is 5.53 Å². The number of esters is 1. The van der Waals surface area contributed by atoms with Gasteiger partial charge in [0.15, 0.2) is 0 Å². The van der Waals surface area contributed by atoms with Gasteiger partial charge in [-0.1, -0.05) is 54.6 Å². The first-order chi connectivity index (χ1) is 11.8. The molecule has 0 saturated carbocycles. The molecule has 4 heteroatoms. The summed E-state index contributed by atoms with van der Waals surface area (Å²) in [6.45, 7) is 0.241. The highest BCUT2D eigenvalue weighted by molar-refractivity contribution is 5.89. The summed E-state index contributed by atoms with van der Waals surface area (Å²) in [5.74, 6) is -0.325. The molecule has 0 atom stereocenters. The summed E-state index contributed by atoms with van der Waals surface area (Å²) in [4.78, 5) is 11.9. The second kappa shape index (κ2) is 7.33. The maximum absolute atomic E-state index is 11.9. The van der Waals surface area contributed by atoms with Crippen LogP contribution in [0, 0.1) is 5.53 Å². The summed E-state index contributed by atoms with van der Waals surface area (Å²) >= 11 is 0. The van der Waals surface area contributed by atoms with Crippen LogP contribution in [-0.4, -0.2) is 5.97 Å². The van der Waals surface area contributed by atoms with Crippen LogP contribution in [0.25, 0.3) is 11.1 Å². The lowest BCUT2D eigenvalue weighted by molar-refractivity contribution is 0.0473. The van der Waals surface area contributed by atoms with Gasteiger partial charge in [0.25, 0.3) is 0 Å². The minimum Gasteiger partial charge on any atom is -0.457 e. The number of ether oxygens (including phenoxy) is 1. The minimum atomic E-state index is -0.325. The van der Waals surface area contributed by atoms with Gasteiger partial charge >= 0.3 is 5.97 Å². The normalized spacial score (nSPS) is 10.2. The number of rotatable bonds is 5. The smallest absolute Gasteiger partial charge is 0.338 e. The molecule has 0 aliphatic heterocycles. The number of carbonyl (C=O) groups is 1. The van der Waals surface area contributed by atoms with E-state index in [9.17, 15) is 4.79 Å². The van der Waals surface area contributed by atoms with E-state index < -0.39 is 0 Å². The number of carbonyl (C=O) groups excluding carboxylic acids is 1. The highest BCUT2D eigenvalue weighted by Crippen LogP contribution is 2.23. The fourth-order valence-corrected chi connectivity index (χ4v) is 2.33. The fraction of sp³-hybridized carbons (Fsp3) is 0.0500. The van der Waals surface area contributed by atoms with Crippen molar-refractivity contribution >= 4 is 11.7 Å². The Morgan fingerprint density at radius 3 is 2.00 bits per heavy atom. The van der Waals surface area contributed by atoms with Crippen molar-refractivity contribution in [2.45, 2.75) is 6.61 Å². The molecule has 3 aromatic rings. The molecule has 0 aliphatic carbocycles. The van der Waals surface area contributed by atoms with Crippen LogP contribution >= 0.6 is 0 Å². The van der Waals surface area contributed by atoms with Gasteiger partial charge in [0.2, 0.25) is 0 Å². The van der Waals surface area contributed by atoms with Crippen molar-refractivity contribution in [3.8, 4) is 11.1 Å². The molecule has 4 nitrogen and oxygen atoms in total. The highest BCUT2D eigenvalue weighted by Gasteiger charge is 2.06. The van der Waals surface area contributed by atoms with Crippen molar-refractivity contribution < 1.29 is 9.53 Å². The lowest BCUT2D eigenvalue weighted by Gasteiger charge is -2.07. The van der Waals surface area contributed by atoms with Crippen LogP contribution in [0.5, 0.6) is 0 Å². The molecule has 3 rings (SSSR count). The van der Waals surface area contributed by atoms with Gasteiger partial charge in [-0.05, 0) is 41.0 Å². The number of hydrogen-bond donors (Lipinski definition) is 1. The standard InChI is InChI=1S/C20H16N2O2/c21-22-19-12-10-17(11-13-19)16-8-6-15(7-9-16)14-24-20(23)18-4-2-1-3-5-18/h1-13,21H,14H2. The SMILES string of the molecule is N=Nc1ccc(-c2ccc(COC(=O)c3ccccc3)cc2)cc1. The molecule has 1 N–H and O–H groups in total. The third-order valence-electron chi connectivity index (χ3n) is 3.66. The average molecular weight is 316 g/mol. The Morgan fingerprint density at radius 1 is 0.833 bits per heavy atom. The molecular weight excluding hydrogens is 300 g/mol. The Kier molecular flexibility index (Phi) is 4.77. The summed E-state index contributed by atoms with van der Waals surface area (Å²) in [5.41, 5.74) is 11.2. The number of benzene rings is 3. The molecule has 118 valence electrons. The zero-order chi connectivity index (χ0) is 16.8. The van der Waals surface area contributed by atoms with E-state index in [1.165, 1.54) is 0 Å². The van der Waals surface area contributed by atoms with Gasteiger partial charge in [0.05, 0.1) is 11.3 Å². The largest absolute Gasteiger partial charge is 0.457 e. The van der Waals surface area contributed by atoms with E-state index in [0.29, 0.717) is 11.3 Å². The molecule has 0 amide bonds.